The molecule has 1 aliphatic heterocycles. The molecule has 0 amide bonds. The molecule has 0 fully saturated rings. The van der Waals surface area contributed by atoms with Crippen molar-refractivity contribution in [2.45, 2.75) is 0 Å². The number of para-hydroxylation sites is 1. The Kier molecular flexibility index (Phi) is 4.92. The lowest BCUT2D eigenvalue weighted by Gasteiger charge is -2.07. The zero-order valence-electron chi connectivity index (χ0n) is 16.2. The van der Waals surface area contributed by atoms with Crippen molar-refractivity contribution < 1.29 is 19.1 Å². The molecule has 6 heteroatoms. The van der Waals surface area contributed by atoms with E-state index in [0.717, 1.165) is 20.9 Å². The molecule has 1 aromatic heterocycles. The summed E-state index contributed by atoms with van der Waals surface area (Å²) in [5.41, 5.74) is 2.91. The van der Waals surface area contributed by atoms with E-state index in [4.69, 9.17) is 9.47 Å². The quantitative estimate of drug-likeness (QED) is 0.293. The van der Waals surface area contributed by atoms with Gasteiger partial charge in [-0.2, -0.15) is 0 Å². The molecule has 1 N–H and O–H groups in total. The minimum atomic E-state index is -0.183. The fourth-order valence-corrected chi connectivity index (χ4v) is 3.74. The third-order valence-electron chi connectivity index (χ3n) is 5.09. The van der Waals surface area contributed by atoms with E-state index < -0.39 is 0 Å². The summed E-state index contributed by atoms with van der Waals surface area (Å²) in [7, 11) is 0. The molecule has 0 atom stereocenters. The van der Waals surface area contributed by atoms with Gasteiger partial charge in [0.05, 0.1) is 5.56 Å². The van der Waals surface area contributed by atoms with Gasteiger partial charge in [-0.15, -0.1) is 0 Å². The third kappa shape index (κ3) is 3.78. The molecule has 0 unspecified atom stereocenters. The van der Waals surface area contributed by atoms with Gasteiger partial charge in [-0.3, -0.25) is 9.59 Å². The molecular formula is C25H16BrNO4. The number of allylic oxidation sites excluding steroid dienone is 1. The maximum Gasteiger partial charge on any atom is 0.231 e. The first kappa shape index (κ1) is 19.3. The highest BCUT2D eigenvalue weighted by Gasteiger charge is 2.28. The molecule has 0 bridgehead atoms. The number of Topliss-reactive ketones (excluding diaryl/α,β-unsaturated/α-hetero) is 2. The van der Waals surface area contributed by atoms with Crippen LogP contribution < -0.4 is 9.47 Å². The molecule has 0 radical (unpaired) electrons. The number of ketones is 2. The average molecular weight is 474 g/mol. The molecule has 5 rings (SSSR count). The standard InChI is InChI=1S/C25H16BrNO4/c26-17-7-5-15(6-8-17)22(28)14-30-18-9-10-20-23(12-18)31-24(25(20)29)11-16-13-27-21-4-2-1-3-19(16)21/h1-13,27H,14H2. The molecule has 31 heavy (non-hydrogen) atoms. The van der Waals surface area contributed by atoms with Gasteiger partial charge in [-0.25, -0.2) is 0 Å². The van der Waals surface area contributed by atoms with E-state index in [1.165, 1.54) is 0 Å². The highest BCUT2D eigenvalue weighted by Crippen LogP contribution is 2.35. The summed E-state index contributed by atoms with van der Waals surface area (Å²) in [6, 6.07) is 19.9. The van der Waals surface area contributed by atoms with Crippen LogP contribution in [-0.4, -0.2) is 23.2 Å². The number of hydrogen-bond donors (Lipinski definition) is 1. The minimum Gasteiger partial charge on any atom is -0.485 e. The fourth-order valence-electron chi connectivity index (χ4n) is 3.48. The normalized spacial score (nSPS) is 14.0. The maximum absolute atomic E-state index is 12.7. The zero-order valence-corrected chi connectivity index (χ0v) is 17.8. The van der Waals surface area contributed by atoms with Crippen molar-refractivity contribution in [1.82, 2.24) is 4.98 Å². The van der Waals surface area contributed by atoms with Gasteiger partial charge in [0.15, 0.2) is 18.1 Å². The number of carbonyl (C=O) groups excluding carboxylic acids is 2. The third-order valence-corrected chi connectivity index (χ3v) is 5.61. The van der Waals surface area contributed by atoms with Gasteiger partial charge >= 0.3 is 0 Å². The van der Waals surface area contributed by atoms with Gasteiger partial charge < -0.3 is 14.5 Å². The second kappa shape index (κ2) is 7.89. The van der Waals surface area contributed by atoms with Crippen LogP contribution in [0.2, 0.25) is 0 Å². The van der Waals surface area contributed by atoms with Crippen LogP contribution in [0, 0.1) is 0 Å². The van der Waals surface area contributed by atoms with E-state index in [1.54, 1.807) is 36.4 Å². The summed E-state index contributed by atoms with van der Waals surface area (Å²) in [6.07, 6.45) is 3.58. The van der Waals surface area contributed by atoms with Gasteiger partial charge in [0.1, 0.15) is 11.5 Å². The number of hydrogen-bond acceptors (Lipinski definition) is 4. The SMILES string of the molecule is O=C(COc1ccc2c(c1)OC(=Cc1c[nH]c3ccccc13)C2=O)c1ccc(Br)cc1. The van der Waals surface area contributed by atoms with Crippen LogP contribution in [0.1, 0.15) is 26.3 Å². The molecule has 152 valence electrons. The largest absolute Gasteiger partial charge is 0.485 e. The number of carbonyl (C=O) groups is 2. The van der Waals surface area contributed by atoms with E-state index in [2.05, 4.69) is 20.9 Å². The first-order valence-electron chi connectivity index (χ1n) is 9.64. The van der Waals surface area contributed by atoms with E-state index >= 15 is 0 Å². The molecule has 4 aromatic rings. The second-order valence-corrected chi connectivity index (χ2v) is 8.02. The molecule has 0 aliphatic carbocycles. The molecule has 2 heterocycles. The van der Waals surface area contributed by atoms with Crippen LogP contribution in [0.25, 0.3) is 17.0 Å². The summed E-state index contributed by atoms with van der Waals surface area (Å²) in [4.78, 5) is 28.2. The minimum absolute atomic E-state index is 0.105. The topological polar surface area (TPSA) is 68.4 Å². The second-order valence-electron chi connectivity index (χ2n) is 7.11. The van der Waals surface area contributed by atoms with Crippen LogP contribution in [0.5, 0.6) is 11.5 Å². The molecule has 5 nitrogen and oxygen atoms in total. The number of aromatic amines is 1. The van der Waals surface area contributed by atoms with Crippen LogP contribution in [0.4, 0.5) is 0 Å². The highest BCUT2D eigenvalue weighted by molar-refractivity contribution is 9.10. The molecule has 0 saturated carbocycles. The Morgan fingerprint density at radius 3 is 2.71 bits per heavy atom. The number of halogens is 1. The molecule has 3 aromatic carbocycles. The number of nitrogens with one attached hydrogen (secondary N) is 1. The maximum atomic E-state index is 12.7. The lowest BCUT2D eigenvalue weighted by atomic mass is 10.1. The van der Waals surface area contributed by atoms with Crippen LogP contribution in [-0.2, 0) is 0 Å². The van der Waals surface area contributed by atoms with E-state index in [9.17, 15) is 9.59 Å². The van der Waals surface area contributed by atoms with E-state index in [1.807, 2.05) is 42.6 Å². The predicted molar refractivity (Wildman–Crippen MR) is 122 cm³/mol. The Morgan fingerprint density at radius 1 is 1.06 bits per heavy atom. The van der Waals surface area contributed by atoms with Crippen molar-refractivity contribution in [1.29, 1.82) is 0 Å². The molecule has 0 spiro atoms. The lowest BCUT2D eigenvalue weighted by Crippen LogP contribution is -2.11. The summed E-state index contributed by atoms with van der Waals surface area (Å²) >= 11 is 3.35. The number of H-pyrrole nitrogens is 1. The number of rotatable bonds is 5. The Balaban J connectivity index is 1.33. The van der Waals surface area contributed by atoms with E-state index in [-0.39, 0.29) is 23.9 Å². The lowest BCUT2D eigenvalue weighted by molar-refractivity contribution is 0.0921. The number of benzene rings is 3. The Morgan fingerprint density at radius 2 is 1.87 bits per heavy atom. The number of aromatic nitrogens is 1. The van der Waals surface area contributed by atoms with Gasteiger partial charge in [0.2, 0.25) is 5.78 Å². The van der Waals surface area contributed by atoms with Gasteiger partial charge in [-0.1, -0.05) is 46.3 Å². The van der Waals surface area contributed by atoms with Crippen LogP contribution in [0.3, 0.4) is 0 Å². The van der Waals surface area contributed by atoms with Crippen molar-refractivity contribution in [3.63, 3.8) is 0 Å². The Labute approximate surface area is 186 Å². The van der Waals surface area contributed by atoms with E-state index in [0.29, 0.717) is 22.6 Å². The average Bonchev–Trinajstić information content (AvgIpc) is 3.33. The zero-order chi connectivity index (χ0) is 21.4. The van der Waals surface area contributed by atoms with Crippen LogP contribution in [0.15, 0.2) is 83.2 Å². The monoisotopic (exact) mass is 473 g/mol. The number of fused-ring (bicyclic) bond motifs is 2. The van der Waals surface area contributed by atoms with Crippen molar-refractivity contribution >= 4 is 44.5 Å². The Hall–Kier alpha value is -3.64. The first-order valence-corrected chi connectivity index (χ1v) is 10.4. The van der Waals surface area contributed by atoms with Gasteiger partial charge in [-0.05, 0) is 36.4 Å². The summed E-state index contributed by atoms with van der Waals surface area (Å²) in [5.74, 6) is 0.820. The first-order chi connectivity index (χ1) is 15.1. The van der Waals surface area contributed by atoms with Crippen molar-refractivity contribution in [3.8, 4) is 11.5 Å². The van der Waals surface area contributed by atoms with Crippen molar-refractivity contribution in [2.75, 3.05) is 6.61 Å². The summed E-state index contributed by atoms with van der Waals surface area (Å²) in [6.45, 7) is -0.105. The summed E-state index contributed by atoms with van der Waals surface area (Å²) in [5, 5.41) is 1.01. The van der Waals surface area contributed by atoms with Gasteiger partial charge in [0.25, 0.3) is 0 Å². The molecule has 0 saturated heterocycles. The molecular weight excluding hydrogens is 458 g/mol. The Bertz CT molecular complexity index is 1350. The molecule has 1 aliphatic rings. The van der Waals surface area contributed by atoms with Crippen molar-refractivity contribution in [2.24, 2.45) is 0 Å². The fraction of sp³-hybridized carbons (Fsp3) is 0.0400. The smallest absolute Gasteiger partial charge is 0.231 e. The highest BCUT2D eigenvalue weighted by atomic mass is 79.9. The summed E-state index contributed by atoms with van der Waals surface area (Å²) < 4.78 is 12.4. The number of ether oxygens (including phenoxy) is 2. The predicted octanol–water partition coefficient (Wildman–Crippen LogP) is 5.81. The van der Waals surface area contributed by atoms with Gasteiger partial charge in [0, 0.05) is 38.8 Å². The van der Waals surface area contributed by atoms with Crippen molar-refractivity contribution in [3.05, 3.63) is 99.8 Å². The van der Waals surface area contributed by atoms with Crippen LogP contribution >= 0.6 is 15.9 Å².